The van der Waals surface area contributed by atoms with Crippen molar-refractivity contribution in [3.8, 4) is 0 Å². The van der Waals surface area contributed by atoms with E-state index in [1.54, 1.807) is 5.19 Å². The van der Waals surface area contributed by atoms with Crippen molar-refractivity contribution in [2.75, 3.05) is 0 Å². The standard InChI is InChI=1S/C29H31N2Si/c1-6-32(7-2,8-3)21-17-20-15-16-30(5)29-26-19(4)13-14-23-22-11-9-10-12-24(22)31(28(23)26)25(18-21)27(20)29/h9-18H,6-8H2,1-5H3/q+1. The Kier molecular flexibility index (Phi) is 4.19. The third-order valence-corrected chi connectivity index (χ3v) is 14.0. The molecule has 2 nitrogen and oxygen atoms in total. The quantitative estimate of drug-likeness (QED) is 0.124. The van der Waals surface area contributed by atoms with Gasteiger partial charge < -0.3 is 4.40 Å². The molecule has 0 N–H and O–H groups in total. The van der Waals surface area contributed by atoms with Crippen molar-refractivity contribution < 1.29 is 4.57 Å². The number of pyridine rings is 2. The van der Waals surface area contributed by atoms with Crippen LogP contribution >= 0.6 is 0 Å². The molecule has 160 valence electrons. The van der Waals surface area contributed by atoms with E-state index in [0.717, 1.165) is 0 Å². The van der Waals surface area contributed by atoms with Crippen molar-refractivity contribution >= 4 is 62.3 Å². The zero-order valence-electron chi connectivity index (χ0n) is 19.8. The summed E-state index contributed by atoms with van der Waals surface area (Å²) >= 11 is 0. The second-order valence-electron chi connectivity index (χ2n) is 9.58. The average Bonchev–Trinajstić information content (AvgIpc) is 3.16. The highest BCUT2D eigenvalue weighted by molar-refractivity contribution is 6.92. The first-order valence-corrected chi connectivity index (χ1v) is 14.7. The fraction of sp³-hybridized carbons (Fsp3) is 0.276. The van der Waals surface area contributed by atoms with Gasteiger partial charge in [0.25, 0.3) is 0 Å². The van der Waals surface area contributed by atoms with Gasteiger partial charge in [-0.3, -0.25) is 0 Å². The Balaban J connectivity index is 1.98. The Hall–Kier alpha value is -2.91. The Morgan fingerprint density at radius 1 is 0.812 bits per heavy atom. The summed E-state index contributed by atoms with van der Waals surface area (Å²) in [5, 5.41) is 8.50. The number of nitrogens with zero attached hydrogens (tertiary/aromatic N) is 2. The Morgan fingerprint density at radius 2 is 1.56 bits per heavy atom. The minimum absolute atomic E-state index is 1.30. The van der Waals surface area contributed by atoms with Gasteiger partial charge in [0.15, 0.2) is 6.20 Å². The second-order valence-corrected chi connectivity index (χ2v) is 14.8. The third-order valence-electron chi connectivity index (χ3n) is 8.38. The molecule has 6 aromatic rings. The number of benzene rings is 3. The van der Waals surface area contributed by atoms with Gasteiger partial charge in [0, 0.05) is 16.8 Å². The van der Waals surface area contributed by atoms with Gasteiger partial charge in [-0.05, 0) is 30.0 Å². The lowest BCUT2D eigenvalue weighted by atomic mass is 10.00. The van der Waals surface area contributed by atoms with Crippen molar-refractivity contribution in [3.05, 3.63) is 66.4 Å². The van der Waals surface area contributed by atoms with Crippen LogP contribution in [0.5, 0.6) is 0 Å². The van der Waals surface area contributed by atoms with Crippen LogP contribution in [0.1, 0.15) is 26.3 Å². The second kappa shape index (κ2) is 6.79. The summed E-state index contributed by atoms with van der Waals surface area (Å²) in [6, 6.07) is 24.9. The van der Waals surface area contributed by atoms with Gasteiger partial charge in [-0.1, -0.05) is 80.5 Å². The van der Waals surface area contributed by atoms with E-state index >= 15 is 0 Å². The first-order valence-electron chi connectivity index (χ1n) is 12.0. The van der Waals surface area contributed by atoms with Crippen LogP contribution in [0.25, 0.3) is 49.0 Å². The highest BCUT2D eigenvalue weighted by Crippen LogP contribution is 2.40. The predicted molar refractivity (Wildman–Crippen MR) is 141 cm³/mol. The number of fused-ring (bicyclic) bond motifs is 5. The topological polar surface area (TPSA) is 8.29 Å². The zero-order valence-corrected chi connectivity index (χ0v) is 20.8. The van der Waals surface area contributed by atoms with Gasteiger partial charge in [0.2, 0.25) is 5.52 Å². The molecule has 0 radical (unpaired) electrons. The van der Waals surface area contributed by atoms with Crippen LogP contribution < -0.4 is 9.75 Å². The molecule has 3 heteroatoms. The van der Waals surface area contributed by atoms with Crippen LogP contribution in [0, 0.1) is 6.92 Å². The minimum Gasteiger partial charge on any atom is -0.307 e. The van der Waals surface area contributed by atoms with E-state index in [9.17, 15) is 0 Å². The summed E-state index contributed by atoms with van der Waals surface area (Å²) < 4.78 is 4.91. The molecule has 32 heavy (non-hydrogen) atoms. The molecule has 0 spiro atoms. The Morgan fingerprint density at radius 3 is 2.31 bits per heavy atom. The molecule has 0 amide bonds. The first kappa shape index (κ1) is 19.7. The smallest absolute Gasteiger partial charge is 0.224 e. The number of aromatic nitrogens is 2. The highest BCUT2D eigenvalue weighted by Gasteiger charge is 2.31. The monoisotopic (exact) mass is 435 g/mol. The van der Waals surface area contributed by atoms with Crippen LogP contribution in [-0.2, 0) is 7.05 Å². The van der Waals surface area contributed by atoms with Gasteiger partial charge in [-0.25, -0.2) is 4.57 Å². The largest absolute Gasteiger partial charge is 0.307 e. The summed E-state index contributed by atoms with van der Waals surface area (Å²) in [5.41, 5.74) is 6.77. The molecule has 0 aliphatic carbocycles. The molecule has 3 heterocycles. The van der Waals surface area contributed by atoms with E-state index in [-0.39, 0.29) is 0 Å². The summed E-state index contributed by atoms with van der Waals surface area (Å²) in [6.45, 7) is 9.49. The van der Waals surface area contributed by atoms with Crippen molar-refractivity contribution in [1.29, 1.82) is 0 Å². The van der Waals surface area contributed by atoms with Crippen LogP contribution in [0.4, 0.5) is 0 Å². The fourth-order valence-electron chi connectivity index (χ4n) is 6.34. The van der Waals surface area contributed by atoms with E-state index < -0.39 is 8.07 Å². The molecule has 0 unspecified atom stereocenters. The summed E-state index contributed by atoms with van der Waals surface area (Å²) in [4.78, 5) is 0. The van der Waals surface area contributed by atoms with Crippen LogP contribution in [0.3, 0.4) is 0 Å². The Labute approximate surface area is 190 Å². The first-order chi connectivity index (χ1) is 15.5. The molecule has 0 saturated carbocycles. The van der Waals surface area contributed by atoms with Gasteiger partial charge in [-0.15, -0.1) is 0 Å². The molecule has 3 aromatic carbocycles. The van der Waals surface area contributed by atoms with E-state index in [1.807, 2.05) is 0 Å². The molecule has 6 rings (SSSR count). The van der Waals surface area contributed by atoms with Gasteiger partial charge >= 0.3 is 0 Å². The maximum atomic E-state index is 2.58. The minimum atomic E-state index is -1.52. The predicted octanol–water partition coefficient (Wildman–Crippen LogP) is 6.84. The number of hydrogen-bond donors (Lipinski definition) is 0. The molecule has 0 aliphatic rings. The summed E-state index contributed by atoms with van der Waals surface area (Å²) in [7, 11) is 0.682. The van der Waals surface area contributed by atoms with E-state index in [2.05, 4.69) is 105 Å². The average molecular weight is 436 g/mol. The number of aryl methyl sites for hydroxylation is 2. The highest BCUT2D eigenvalue weighted by atomic mass is 28.3. The van der Waals surface area contributed by atoms with Crippen LogP contribution in [-0.4, -0.2) is 12.5 Å². The van der Waals surface area contributed by atoms with Crippen molar-refractivity contribution in [3.63, 3.8) is 0 Å². The lowest BCUT2D eigenvalue weighted by molar-refractivity contribution is -0.643. The van der Waals surface area contributed by atoms with Crippen LogP contribution in [0.15, 0.2) is 60.8 Å². The van der Waals surface area contributed by atoms with E-state index in [1.165, 1.54) is 72.7 Å². The third kappa shape index (κ3) is 2.32. The maximum Gasteiger partial charge on any atom is 0.224 e. The number of para-hydroxylation sites is 1. The maximum absolute atomic E-state index is 2.58. The zero-order chi connectivity index (χ0) is 22.2. The molecular formula is C29H31N2Si+. The number of rotatable bonds is 4. The van der Waals surface area contributed by atoms with Gasteiger partial charge in [0.1, 0.15) is 7.05 Å². The molecular weight excluding hydrogens is 404 g/mol. The van der Waals surface area contributed by atoms with Crippen LogP contribution in [0.2, 0.25) is 18.1 Å². The molecule has 0 atom stereocenters. The SMILES string of the molecule is CC[Si](CC)(CC)c1cc2cc[n+](C)c3c4c(C)ccc5c6ccccc6n(c(c1)c23)c54. The van der Waals surface area contributed by atoms with Gasteiger partial charge in [-0.2, -0.15) is 0 Å². The van der Waals surface area contributed by atoms with Crippen molar-refractivity contribution in [2.24, 2.45) is 7.05 Å². The molecule has 3 aromatic heterocycles. The lowest BCUT2D eigenvalue weighted by Crippen LogP contribution is -2.45. The normalized spacial score (nSPS) is 12.9. The van der Waals surface area contributed by atoms with E-state index in [0.29, 0.717) is 0 Å². The van der Waals surface area contributed by atoms with E-state index in [4.69, 9.17) is 0 Å². The lowest BCUT2D eigenvalue weighted by Gasteiger charge is -2.29. The summed E-state index contributed by atoms with van der Waals surface area (Å²) in [5.74, 6) is 0. The van der Waals surface area contributed by atoms with Crippen molar-refractivity contribution in [2.45, 2.75) is 45.8 Å². The Bertz CT molecular complexity index is 1640. The fourth-order valence-corrected chi connectivity index (χ4v) is 9.96. The molecule has 0 bridgehead atoms. The molecule has 0 fully saturated rings. The molecule has 0 saturated heterocycles. The van der Waals surface area contributed by atoms with Crippen molar-refractivity contribution in [1.82, 2.24) is 4.40 Å². The molecule has 0 aliphatic heterocycles. The van der Waals surface area contributed by atoms with Gasteiger partial charge in [0.05, 0.1) is 35.4 Å². The number of hydrogen-bond acceptors (Lipinski definition) is 0. The summed E-state index contributed by atoms with van der Waals surface area (Å²) in [6.07, 6.45) is 2.26.